The van der Waals surface area contributed by atoms with Gasteiger partial charge in [0.25, 0.3) is 5.91 Å². The number of ether oxygens (including phenoxy) is 1. The van der Waals surface area contributed by atoms with Crippen molar-refractivity contribution in [2.45, 2.75) is 32.2 Å². The van der Waals surface area contributed by atoms with E-state index in [1.165, 1.54) is 11.3 Å². The van der Waals surface area contributed by atoms with Gasteiger partial charge in [-0.25, -0.2) is 4.98 Å². The van der Waals surface area contributed by atoms with Gasteiger partial charge < -0.3 is 10.1 Å². The number of hydrogen-bond acceptors (Lipinski definition) is 4. The number of thiazole rings is 1. The van der Waals surface area contributed by atoms with Crippen LogP contribution in [0.2, 0.25) is 0 Å². The Balaban J connectivity index is 2.12. The molecule has 1 aliphatic rings. The molecule has 2 heterocycles. The third-order valence-corrected chi connectivity index (χ3v) is 4.78. The molecule has 100 valence electrons. The van der Waals surface area contributed by atoms with Crippen molar-refractivity contribution in [2.24, 2.45) is 0 Å². The van der Waals surface area contributed by atoms with Crippen LogP contribution in [0.5, 0.6) is 0 Å². The van der Waals surface area contributed by atoms with Crippen LogP contribution in [0.4, 0.5) is 0 Å². The van der Waals surface area contributed by atoms with Crippen LogP contribution in [0.1, 0.15) is 33.2 Å². The Kier molecular flexibility index (Phi) is 4.25. The second-order valence-electron chi connectivity index (χ2n) is 4.63. The summed E-state index contributed by atoms with van der Waals surface area (Å²) in [6, 6.07) is 0. The Morgan fingerprint density at radius 1 is 1.50 bits per heavy atom. The highest BCUT2D eigenvalue weighted by atomic mass is 35.5. The Bertz CT molecular complexity index is 441. The number of aryl methyl sites for hydroxylation is 2. The molecule has 0 radical (unpaired) electrons. The molecule has 1 aliphatic heterocycles. The largest absolute Gasteiger partial charge is 0.381 e. The molecule has 0 saturated carbocycles. The summed E-state index contributed by atoms with van der Waals surface area (Å²) < 4.78 is 5.32. The first kappa shape index (κ1) is 13.8. The van der Waals surface area contributed by atoms with E-state index >= 15 is 0 Å². The number of hydrogen-bond donors (Lipinski definition) is 1. The highest BCUT2D eigenvalue weighted by Gasteiger charge is 2.34. The second-order valence-corrected chi connectivity index (χ2v) is 6.10. The zero-order chi connectivity index (χ0) is 13.2. The lowest BCUT2D eigenvalue weighted by molar-refractivity contribution is 0.0435. The zero-order valence-corrected chi connectivity index (χ0v) is 12.2. The second kappa shape index (κ2) is 5.55. The highest BCUT2D eigenvalue weighted by Crippen LogP contribution is 2.24. The van der Waals surface area contributed by atoms with Gasteiger partial charge in [-0.05, 0) is 26.7 Å². The van der Waals surface area contributed by atoms with Crippen molar-refractivity contribution in [1.82, 2.24) is 10.3 Å². The molecule has 0 aliphatic carbocycles. The molecule has 0 atom stereocenters. The predicted molar refractivity (Wildman–Crippen MR) is 72.6 cm³/mol. The molecule has 6 heteroatoms. The first-order valence-corrected chi connectivity index (χ1v) is 7.32. The third-order valence-electron chi connectivity index (χ3n) is 3.19. The molecule has 0 bridgehead atoms. The van der Waals surface area contributed by atoms with Crippen LogP contribution >= 0.6 is 22.9 Å². The number of alkyl halides is 1. The number of halogens is 1. The van der Waals surface area contributed by atoms with Crippen molar-refractivity contribution in [1.29, 1.82) is 0 Å². The lowest BCUT2D eigenvalue weighted by Gasteiger charge is -2.36. The van der Waals surface area contributed by atoms with Crippen LogP contribution in [0, 0.1) is 13.8 Å². The number of nitrogens with one attached hydrogen (secondary N) is 1. The average Bonchev–Trinajstić information content (AvgIpc) is 2.70. The molecule has 4 nitrogen and oxygen atoms in total. The first-order chi connectivity index (χ1) is 8.56. The molecule has 1 aromatic heterocycles. The summed E-state index contributed by atoms with van der Waals surface area (Å²) in [6.07, 6.45) is 1.53. The lowest BCUT2D eigenvalue weighted by Crippen LogP contribution is -2.53. The lowest BCUT2D eigenvalue weighted by atomic mass is 9.92. The van der Waals surface area contributed by atoms with Gasteiger partial charge in [-0.1, -0.05) is 0 Å². The smallest absolute Gasteiger partial charge is 0.263 e. The molecule has 1 fully saturated rings. The van der Waals surface area contributed by atoms with Gasteiger partial charge in [-0.3, -0.25) is 4.79 Å². The van der Waals surface area contributed by atoms with Gasteiger partial charge >= 0.3 is 0 Å². The number of carbonyl (C=O) groups excluding carboxylic acids is 1. The van der Waals surface area contributed by atoms with Crippen molar-refractivity contribution in [3.63, 3.8) is 0 Å². The van der Waals surface area contributed by atoms with Crippen LogP contribution < -0.4 is 5.32 Å². The molecule has 0 aromatic carbocycles. The topological polar surface area (TPSA) is 51.2 Å². The fourth-order valence-electron chi connectivity index (χ4n) is 2.09. The van der Waals surface area contributed by atoms with Crippen LogP contribution in [-0.4, -0.2) is 35.5 Å². The van der Waals surface area contributed by atoms with E-state index in [4.69, 9.17) is 16.3 Å². The quantitative estimate of drug-likeness (QED) is 0.868. The Labute approximate surface area is 116 Å². The van der Waals surface area contributed by atoms with Gasteiger partial charge in [0.2, 0.25) is 0 Å². The number of rotatable bonds is 3. The molecule has 2 rings (SSSR count). The molecule has 1 saturated heterocycles. The Hall–Kier alpha value is -0.650. The molecule has 1 N–H and O–H groups in total. The van der Waals surface area contributed by atoms with Crippen molar-refractivity contribution in [2.75, 3.05) is 19.1 Å². The number of aromatic nitrogens is 1. The van der Waals surface area contributed by atoms with E-state index in [1.54, 1.807) is 0 Å². The van der Waals surface area contributed by atoms with Crippen LogP contribution in [-0.2, 0) is 4.74 Å². The SMILES string of the molecule is Cc1nc(C)c(C(=O)NC2(CCl)CCOCC2)s1. The summed E-state index contributed by atoms with van der Waals surface area (Å²) in [4.78, 5) is 17.2. The van der Waals surface area contributed by atoms with Crippen LogP contribution in [0.25, 0.3) is 0 Å². The van der Waals surface area contributed by atoms with Crippen molar-refractivity contribution < 1.29 is 9.53 Å². The van der Waals surface area contributed by atoms with E-state index in [9.17, 15) is 4.79 Å². The number of carbonyl (C=O) groups is 1. The summed E-state index contributed by atoms with van der Waals surface area (Å²) in [5, 5.41) is 3.98. The summed E-state index contributed by atoms with van der Waals surface area (Å²) >= 11 is 7.45. The van der Waals surface area contributed by atoms with E-state index in [-0.39, 0.29) is 11.4 Å². The molecular formula is C12H17ClN2O2S. The zero-order valence-electron chi connectivity index (χ0n) is 10.6. The third kappa shape index (κ3) is 2.84. The van der Waals surface area contributed by atoms with Gasteiger partial charge in [0.15, 0.2) is 0 Å². The van der Waals surface area contributed by atoms with Crippen molar-refractivity contribution >= 4 is 28.8 Å². The standard InChI is InChI=1S/C12H17ClN2O2S/c1-8-10(18-9(2)14-8)11(16)15-12(7-13)3-5-17-6-4-12/h3-7H2,1-2H3,(H,15,16). The summed E-state index contributed by atoms with van der Waals surface area (Å²) in [5.74, 6) is 0.347. The Morgan fingerprint density at radius 3 is 2.67 bits per heavy atom. The highest BCUT2D eigenvalue weighted by molar-refractivity contribution is 7.13. The summed E-state index contributed by atoms with van der Waals surface area (Å²) in [6.45, 7) is 5.05. The average molecular weight is 289 g/mol. The fourth-order valence-corrected chi connectivity index (χ4v) is 3.24. The molecular weight excluding hydrogens is 272 g/mol. The number of nitrogens with zero attached hydrogens (tertiary/aromatic N) is 1. The van der Waals surface area contributed by atoms with E-state index < -0.39 is 0 Å². The summed E-state index contributed by atoms with van der Waals surface area (Å²) in [7, 11) is 0. The monoisotopic (exact) mass is 288 g/mol. The minimum atomic E-state index is -0.332. The molecule has 0 spiro atoms. The summed E-state index contributed by atoms with van der Waals surface area (Å²) in [5.41, 5.74) is 0.452. The van der Waals surface area contributed by atoms with Crippen molar-refractivity contribution in [3.05, 3.63) is 15.6 Å². The molecule has 1 amide bonds. The van der Waals surface area contributed by atoms with Gasteiger partial charge in [0.1, 0.15) is 4.88 Å². The minimum Gasteiger partial charge on any atom is -0.381 e. The van der Waals surface area contributed by atoms with E-state index in [2.05, 4.69) is 10.3 Å². The van der Waals surface area contributed by atoms with Crippen molar-refractivity contribution in [3.8, 4) is 0 Å². The maximum atomic E-state index is 12.3. The molecule has 0 unspecified atom stereocenters. The molecule has 1 aromatic rings. The number of amides is 1. The van der Waals surface area contributed by atoms with E-state index in [0.29, 0.717) is 24.0 Å². The minimum absolute atomic E-state index is 0.0688. The fraction of sp³-hybridized carbons (Fsp3) is 0.667. The Morgan fingerprint density at radius 2 is 2.17 bits per heavy atom. The van der Waals surface area contributed by atoms with Gasteiger partial charge in [-0.2, -0.15) is 0 Å². The van der Waals surface area contributed by atoms with Crippen LogP contribution in [0.3, 0.4) is 0 Å². The maximum Gasteiger partial charge on any atom is 0.263 e. The normalized spacial score (nSPS) is 18.6. The predicted octanol–water partition coefficient (Wildman–Crippen LogP) is 2.28. The van der Waals surface area contributed by atoms with Gasteiger partial charge in [0, 0.05) is 19.1 Å². The maximum absolute atomic E-state index is 12.3. The van der Waals surface area contributed by atoms with E-state index in [1.807, 2.05) is 13.8 Å². The molecule has 18 heavy (non-hydrogen) atoms. The van der Waals surface area contributed by atoms with Gasteiger partial charge in [0.05, 0.1) is 16.2 Å². The first-order valence-electron chi connectivity index (χ1n) is 5.96. The van der Waals surface area contributed by atoms with Crippen LogP contribution in [0.15, 0.2) is 0 Å². The van der Waals surface area contributed by atoms with Gasteiger partial charge in [-0.15, -0.1) is 22.9 Å². The van der Waals surface area contributed by atoms with E-state index in [0.717, 1.165) is 23.5 Å².